The molecule has 0 rings (SSSR count). The number of hydrogen-bond donors (Lipinski definition) is 0. The summed E-state index contributed by atoms with van der Waals surface area (Å²) in [5, 5.41) is 0. The van der Waals surface area contributed by atoms with Crippen molar-refractivity contribution in [1.82, 2.24) is 0 Å². The molecule has 0 bridgehead atoms. The third-order valence-corrected chi connectivity index (χ3v) is 2.88. The summed E-state index contributed by atoms with van der Waals surface area (Å²) in [7, 11) is 1.13. The zero-order valence-corrected chi connectivity index (χ0v) is 8.33. The minimum Gasteiger partial charge on any atom is -0.353 e. The topological polar surface area (TPSA) is 46.2 Å². The normalized spacial score (nSPS) is 11.2. The van der Waals surface area contributed by atoms with Crippen molar-refractivity contribution in [3.05, 3.63) is 0 Å². The smallest absolute Gasteiger partial charge is 0.353 e. The SMILES string of the molecule is C#CCOO[Si](OC)(OC)OC. The van der Waals surface area contributed by atoms with E-state index in [9.17, 15) is 0 Å². The van der Waals surface area contributed by atoms with E-state index in [1.165, 1.54) is 21.3 Å². The van der Waals surface area contributed by atoms with Crippen LogP contribution in [-0.2, 0) is 22.7 Å². The van der Waals surface area contributed by atoms with Gasteiger partial charge in [-0.05, 0) is 0 Å². The van der Waals surface area contributed by atoms with Crippen molar-refractivity contribution < 1.29 is 22.7 Å². The van der Waals surface area contributed by atoms with E-state index in [2.05, 4.69) is 10.8 Å². The summed E-state index contributed by atoms with van der Waals surface area (Å²) >= 11 is 0. The van der Waals surface area contributed by atoms with Crippen LogP contribution in [0.4, 0.5) is 0 Å². The second kappa shape index (κ2) is 6.13. The van der Waals surface area contributed by atoms with E-state index in [-0.39, 0.29) is 6.61 Å². The fraction of sp³-hybridized carbons (Fsp3) is 0.667. The molecule has 0 N–H and O–H groups in total. The van der Waals surface area contributed by atoms with Gasteiger partial charge in [-0.1, -0.05) is 5.92 Å². The van der Waals surface area contributed by atoms with Crippen LogP contribution in [0.5, 0.6) is 0 Å². The van der Waals surface area contributed by atoms with Crippen LogP contribution in [0.1, 0.15) is 0 Å². The highest BCUT2D eigenvalue weighted by atomic mass is 28.4. The second-order valence-corrected chi connectivity index (χ2v) is 4.05. The van der Waals surface area contributed by atoms with E-state index in [1.54, 1.807) is 0 Å². The van der Waals surface area contributed by atoms with Crippen LogP contribution in [0.2, 0.25) is 0 Å². The second-order valence-electron chi connectivity index (χ2n) is 1.66. The van der Waals surface area contributed by atoms with Gasteiger partial charge in [-0.2, -0.15) is 4.58 Å². The molecule has 0 saturated heterocycles. The largest absolute Gasteiger partial charge is 0.707 e. The summed E-state index contributed by atoms with van der Waals surface area (Å²) in [5.41, 5.74) is 0. The molecule has 0 aromatic carbocycles. The Labute approximate surface area is 72.9 Å². The van der Waals surface area contributed by atoms with Crippen LogP contribution in [0.25, 0.3) is 0 Å². The third kappa shape index (κ3) is 3.32. The molecule has 0 fully saturated rings. The van der Waals surface area contributed by atoms with E-state index in [1.807, 2.05) is 0 Å². The highest BCUT2D eigenvalue weighted by molar-refractivity contribution is 6.53. The highest BCUT2D eigenvalue weighted by Gasteiger charge is 2.44. The van der Waals surface area contributed by atoms with Gasteiger partial charge < -0.3 is 13.3 Å². The molecule has 0 aromatic rings. The molecule has 12 heavy (non-hydrogen) atoms. The summed E-state index contributed by atoms with van der Waals surface area (Å²) in [4.78, 5) is 4.57. The van der Waals surface area contributed by atoms with Gasteiger partial charge in [-0.3, -0.25) is 0 Å². The highest BCUT2D eigenvalue weighted by Crippen LogP contribution is 2.07. The quantitative estimate of drug-likeness (QED) is 0.194. The zero-order valence-electron chi connectivity index (χ0n) is 7.33. The Morgan fingerprint density at radius 2 is 1.67 bits per heavy atom. The van der Waals surface area contributed by atoms with Crippen LogP contribution in [0.3, 0.4) is 0 Å². The summed E-state index contributed by atoms with van der Waals surface area (Å²) < 4.78 is 19.3. The molecule has 0 radical (unpaired) electrons. The van der Waals surface area contributed by atoms with E-state index in [4.69, 9.17) is 24.3 Å². The molecule has 0 aliphatic rings. The summed E-state index contributed by atoms with van der Waals surface area (Å²) in [5.74, 6) is 2.22. The van der Waals surface area contributed by atoms with Gasteiger partial charge in [0.25, 0.3) is 0 Å². The van der Waals surface area contributed by atoms with Crippen LogP contribution >= 0.6 is 0 Å². The van der Waals surface area contributed by atoms with Gasteiger partial charge >= 0.3 is 9.05 Å². The molecule has 0 amide bonds. The van der Waals surface area contributed by atoms with Crippen molar-refractivity contribution in [2.45, 2.75) is 0 Å². The minimum atomic E-state index is -3.07. The molecule has 70 valence electrons. The van der Waals surface area contributed by atoms with Crippen molar-refractivity contribution in [2.24, 2.45) is 0 Å². The summed E-state index contributed by atoms with van der Waals surface area (Å²) in [6.07, 6.45) is 4.92. The lowest BCUT2D eigenvalue weighted by molar-refractivity contribution is -0.259. The van der Waals surface area contributed by atoms with Crippen LogP contribution < -0.4 is 0 Å². The fourth-order valence-electron chi connectivity index (χ4n) is 0.488. The predicted octanol–water partition coefficient (Wildman–Crippen LogP) is -0.0574. The average molecular weight is 192 g/mol. The van der Waals surface area contributed by atoms with Gasteiger partial charge in [0.1, 0.15) is 6.61 Å². The van der Waals surface area contributed by atoms with Gasteiger partial charge in [0.15, 0.2) is 0 Å². The van der Waals surface area contributed by atoms with Gasteiger partial charge in [-0.15, -0.1) is 6.42 Å². The maximum absolute atomic E-state index is 4.92. The molecular formula is C6H12O5Si. The Morgan fingerprint density at radius 3 is 2.00 bits per heavy atom. The van der Waals surface area contributed by atoms with Crippen molar-refractivity contribution in [2.75, 3.05) is 27.9 Å². The van der Waals surface area contributed by atoms with Gasteiger partial charge in [0.05, 0.1) is 0 Å². The van der Waals surface area contributed by atoms with Crippen molar-refractivity contribution in [3.63, 3.8) is 0 Å². The Morgan fingerprint density at radius 1 is 1.17 bits per heavy atom. The zero-order chi connectivity index (χ0) is 9.45. The number of hydrogen-bond acceptors (Lipinski definition) is 5. The maximum Gasteiger partial charge on any atom is 0.707 e. The molecule has 0 unspecified atom stereocenters. The lowest BCUT2D eigenvalue weighted by Crippen LogP contribution is -2.46. The van der Waals surface area contributed by atoms with Crippen LogP contribution in [0, 0.1) is 12.3 Å². The first-order valence-corrected chi connectivity index (χ1v) is 4.77. The molecule has 0 aliphatic heterocycles. The fourth-order valence-corrected chi connectivity index (χ4v) is 1.40. The molecule has 0 aromatic heterocycles. The maximum atomic E-state index is 4.92. The number of rotatable bonds is 6. The lowest BCUT2D eigenvalue weighted by Gasteiger charge is -2.20. The summed E-state index contributed by atoms with van der Waals surface area (Å²) in [6, 6.07) is 0. The monoisotopic (exact) mass is 192 g/mol. The molecule has 0 heterocycles. The Balaban J connectivity index is 3.86. The molecule has 0 aliphatic carbocycles. The Bertz CT molecular complexity index is 142. The molecule has 0 atom stereocenters. The van der Waals surface area contributed by atoms with Crippen molar-refractivity contribution in [1.29, 1.82) is 0 Å². The first-order valence-electron chi connectivity index (χ1n) is 3.14. The summed E-state index contributed by atoms with van der Waals surface area (Å²) in [6.45, 7) is 0.0187. The molecule has 6 heteroatoms. The molecule has 5 nitrogen and oxygen atoms in total. The molecular weight excluding hydrogens is 180 g/mol. The first kappa shape index (κ1) is 11.6. The van der Waals surface area contributed by atoms with Crippen molar-refractivity contribution in [3.8, 4) is 12.3 Å². The van der Waals surface area contributed by atoms with Crippen LogP contribution in [-0.4, -0.2) is 37.0 Å². The Hall–Kier alpha value is -0.423. The van der Waals surface area contributed by atoms with E-state index < -0.39 is 9.05 Å². The van der Waals surface area contributed by atoms with Gasteiger partial charge in [0.2, 0.25) is 0 Å². The average Bonchev–Trinajstić information content (AvgIpc) is 2.14. The van der Waals surface area contributed by atoms with E-state index in [0.29, 0.717) is 0 Å². The van der Waals surface area contributed by atoms with Gasteiger partial charge in [0, 0.05) is 21.3 Å². The third-order valence-electron chi connectivity index (χ3n) is 1.05. The number of terminal acetylenes is 1. The van der Waals surface area contributed by atoms with E-state index in [0.717, 1.165) is 0 Å². The first-order chi connectivity index (χ1) is 5.74. The van der Waals surface area contributed by atoms with Crippen LogP contribution in [0.15, 0.2) is 0 Å². The molecule has 0 saturated carbocycles. The Kier molecular flexibility index (Phi) is 5.92. The van der Waals surface area contributed by atoms with Gasteiger partial charge in [-0.25, -0.2) is 4.89 Å². The van der Waals surface area contributed by atoms with E-state index >= 15 is 0 Å². The predicted molar refractivity (Wildman–Crippen MR) is 42.7 cm³/mol. The van der Waals surface area contributed by atoms with Crippen molar-refractivity contribution >= 4 is 9.05 Å². The standard InChI is InChI=1S/C6H12O5Si/c1-5-6-10-11-12(7-2,8-3)9-4/h1H,6H2,2-4H3. The lowest BCUT2D eigenvalue weighted by atomic mass is 10.8. The molecule has 0 spiro atoms. The minimum absolute atomic E-state index is 0.0187.